The van der Waals surface area contributed by atoms with Crippen LogP contribution in [0.25, 0.3) is 21.1 Å². The average Bonchev–Trinajstić information content (AvgIpc) is 3.38. The number of carbonyl (C=O) groups is 1. The van der Waals surface area contributed by atoms with E-state index in [9.17, 15) is 4.79 Å². The monoisotopic (exact) mass is 418 g/mol. The number of H-pyrrole nitrogens is 1. The van der Waals surface area contributed by atoms with E-state index in [0.29, 0.717) is 19.0 Å². The van der Waals surface area contributed by atoms with E-state index in [2.05, 4.69) is 51.6 Å². The van der Waals surface area contributed by atoms with Gasteiger partial charge in [-0.1, -0.05) is 30.3 Å². The van der Waals surface area contributed by atoms with Gasteiger partial charge in [0, 0.05) is 36.1 Å². The van der Waals surface area contributed by atoms with Crippen molar-refractivity contribution in [3.8, 4) is 0 Å². The summed E-state index contributed by atoms with van der Waals surface area (Å²) >= 11 is 1.80. The lowest BCUT2D eigenvalue weighted by molar-refractivity contribution is -0.122. The average molecular weight is 419 g/mol. The quantitative estimate of drug-likeness (QED) is 0.490. The number of hydrogen-bond donors (Lipinski definition) is 2. The second-order valence-corrected chi connectivity index (χ2v) is 9.12. The van der Waals surface area contributed by atoms with E-state index in [1.54, 1.807) is 11.3 Å². The normalized spacial score (nSPS) is 17.5. The van der Waals surface area contributed by atoms with Gasteiger partial charge < -0.3 is 10.3 Å². The molecular formula is C24H26N4OS. The van der Waals surface area contributed by atoms with Crippen molar-refractivity contribution in [1.29, 1.82) is 0 Å². The Kier molecular flexibility index (Phi) is 5.51. The summed E-state index contributed by atoms with van der Waals surface area (Å²) in [7, 11) is 0. The number of nitrogens with zero attached hydrogens (tertiary/aromatic N) is 2. The maximum Gasteiger partial charge on any atom is 0.234 e. The summed E-state index contributed by atoms with van der Waals surface area (Å²) in [5, 5.41) is 5.55. The van der Waals surface area contributed by atoms with Crippen LogP contribution in [0.4, 0.5) is 0 Å². The van der Waals surface area contributed by atoms with Gasteiger partial charge in [0.1, 0.15) is 0 Å². The van der Waals surface area contributed by atoms with Crippen LogP contribution in [-0.4, -0.2) is 47.0 Å². The van der Waals surface area contributed by atoms with Gasteiger partial charge in [-0.05, 0) is 49.6 Å². The van der Waals surface area contributed by atoms with Crippen molar-refractivity contribution in [2.75, 3.05) is 26.2 Å². The molecule has 3 heterocycles. The number of benzene rings is 2. The summed E-state index contributed by atoms with van der Waals surface area (Å²) in [6.45, 7) is 3.03. The maximum absolute atomic E-state index is 12.5. The molecule has 0 spiro atoms. The Morgan fingerprint density at radius 3 is 3.00 bits per heavy atom. The highest BCUT2D eigenvalue weighted by molar-refractivity contribution is 7.18. The second-order valence-electron chi connectivity index (χ2n) is 8.05. The van der Waals surface area contributed by atoms with Crippen molar-refractivity contribution in [3.05, 3.63) is 65.3 Å². The van der Waals surface area contributed by atoms with Crippen LogP contribution < -0.4 is 5.32 Å². The Morgan fingerprint density at radius 2 is 2.07 bits per heavy atom. The first-order valence-electron chi connectivity index (χ1n) is 10.7. The van der Waals surface area contributed by atoms with Gasteiger partial charge in [-0.3, -0.25) is 9.69 Å². The van der Waals surface area contributed by atoms with Crippen molar-refractivity contribution in [3.63, 3.8) is 0 Å². The molecule has 0 unspecified atom stereocenters. The molecule has 2 N–H and O–H groups in total. The highest BCUT2D eigenvalue weighted by Gasteiger charge is 2.25. The van der Waals surface area contributed by atoms with Gasteiger partial charge in [0.25, 0.3) is 0 Å². The fourth-order valence-corrected chi connectivity index (χ4v) is 5.49. The van der Waals surface area contributed by atoms with E-state index in [4.69, 9.17) is 4.98 Å². The van der Waals surface area contributed by atoms with Crippen LogP contribution in [0.3, 0.4) is 0 Å². The molecular weight excluding hydrogens is 392 g/mol. The molecule has 1 fully saturated rings. The first-order chi connectivity index (χ1) is 14.8. The molecule has 154 valence electrons. The van der Waals surface area contributed by atoms with E-state index in [1.165, 1.54) is 20.7 Å². The van der Waals surface area contributed by atoms with Crippen molar-refractivity contribution in [2.45, 2.75) is 25.2 Å². The number of carbonyl (C=O) groups excluding carboxylic acids is 1. The maximum atomic E-state index is 12.5. The van der Waals surface area contributed by atoms with Gasteiger partial charge in [0.15, 0.2) is 0 Å². The molecule has 1 amide bonds. The summed E-state index contributed by atoms with van der Waals surface area (Å²) in [5.41, 5.74) is 3.48. The fourth-order valence-electron chi connectivity index (χ4n) is 4.40. The van der Waals surface area contributed by atoms with E-state index in [0.717, 1.165) is 43.4 Å². The van der Waals surface area contributed by atoms with Gasteiger partial charge >= 0.3 is 0 Å². The lowest BCUT2D eigenvalue weighted by atomic mass is 9.99. The van der Waals surface area contributed by atoms with Gasteiger partial charge in [-0.25, -0.2) is 4.98 Å². The number of aromatic amines is 1. The molecule has 1 saturated heterocycles. The van der Waals surface area contributed by atoms with Crippen molar-refractivity contribution < 1.29 is 4.79 Å². The molecule has 0 saturated carbocycles. The number of nitrogens with one attached hydrogen (secondary N) is 2. The third-order valence-electron chi connectivity index (χ3n) is 5.92. The van der Waals surface area contributed by atoms with E-state index in [1.807, 2.05) is 18.3 Å². The molecule has 1 aliphatic heterocycles. The van der Waals surface area contributed by atoms with Crippen molar-refractivity contribution in [2.24, 2.45) is 0 Å². The van der Waals surface area contributed by atoms with Gasteiger partial charge in [0.05, 0.1) is 21.8 Å². The molecule has 2 aromatic carbocycles. The highest BCUT2D eigenvalue weighted by Crippen LogP contribution is 2.32. The van der Waals surface area contributed by atoms with Crippen LogP contribution in [0, 0.1) is 0 Å². The summed E-state index contributed by atoms with van der Waals surface area (Å²) in [6, 6.07) is 16.6. The first-order valence-corrected chi connectivity index (χ1v) is 11.5. The second kappa shape index (κ2) is 8.58. The van der Waals surface area contributed by atoms with Crippen LogP contribution in [0.15, 0.2) is 54.7 Å². The molecule has 30 heavy (non-hydrogen) atoms. The molecule has 2 aromatic heterocycles. The Labute approximate surface area is 180 Å². The largest absolute Gasteiger partial charge is 0.361 e. The summed E-state index contributed by atoms with van der Waals surface area (Å²) < 4.78 is 1.25. The van der Waals surface area contributed by atoms with Crippen LogP contribution in [-0.2, 0) is 11.2 Å². The number of fused-ring (bicyclic) bond motifs is 2. The minimum absolute atomic E-state index is 0.111. The third-order valence-corrected chi connectivity index (χ3v) is 7.12. The number of rotatable bonds is 6. The minimum atomic E-state index is 0.111. The minimum Gasteiger partial charge on any atom is -0.361 e. The Hall–Kier alpha value is -2.70. The van der Waals surface area contributed by atoms with Crippen LogP contribution in [0.2, 0.25) is 0 Å². The summed E-state index contributed by atoms with van der Waals surface area (Å²) in [6.07, 6.45) is 5.15. The third kappa shape index (κ3) is 4.11. The smallest absolute Gasteiger partial charge is 0.234 e. The SMILES string of the molecule is O=C(CN1CCC[C@H](c2nc3ccccc3s2)C1)NCCc1c[nH]c2ccccc12. The van der Waals surface area contributed by atoms with Crippen molar-refractivity contribution in [1.82, 2.24) is 20.2 Å². The molecule has 0 aliphatic carbocycles. The lowest BCUT2D eigenvalue weighted by Gasteiger charge is -2.31. The fraction of sp³-hybridized carbons (Fsp3) is 0.333. The molecule has 1 aliphatic rings. The van der Waals surface area contributed by atoms with Gasteiger partial charge in [-0.2, -0.15) is 0 Å². The molecule has 4 aromatic rings. The summed E-state index contributed by atoms with van der Waals surface area (Å²) in [5.74, 6) is 0.537. The summed E-state index contributed by atoms with van der Waals surface area (Å²) in [4.78, 5) is 22.9. The zero-order valence-corrected chi connectivity index (χ0v) is 17.8. The number of thiazole rings is 1. The molecule has 1 atom stereocenters. The highest BCUT2D eigenvalue weighted by atomic mass is 32.1. The topological polar surface area (TPSA) is 61.0 Å². The molecule has 0 bridgehead atoms. The number of piperidine rings is 1. The van der Waals surface area contributed by atoms with Crippen LogP contribution >= 0.6 is 11.3 Å². The molecule has 0 radical (unpaired) electrons. The number of hydrogen-bond acceptors (Lipinski definition) is 4. The number of aromatic nitrogens is 2. The Bertz CT molecular complexity index is 1130. The molecule has 5 rings (SSSR count). The predicted molar refractivity (Wildman–Crippen MR) is 123 cm³/mol. The van der Waals surface area contributed by atoms with Gasteiger partial charge in [0.2, 0.25) is 5.91 Å². The zero-order valence-electron chi connectivity index (χ0n) is 16.9. The lowest BCUT2D eigenvalue weighted by Crippen LogP contribution is -2.42. The number of para-hydroxylation sites is 2. The number of likely N-dealkylation sites (tertiary alicyclic amines) is 1. The van der Waals surface area contributed by atoms with E-state index < -0.39 is 0 Å². The van der Waals surface area contributed by atoms with E-state index in [-0.39, 0.29) is 5.91 Å². The Balaban J connectivity index is 1.14. The molecule has 5 nitrogen and oxygen atoms in total. The predicted octanol–water partition coefficient (Wildman–Crippen LogP) is 4.32. The van der Waals surface area contributed by atoms with E-state index >= 15 is 0 Å². The first kappa shape index (κ1) is 19.3. The number of amides is 1. The zero-order chi connectivity index (χ0) is 20.3. The van der Waals surface area contributed by atoms with Crippen LogP contribution in [0.1, 0.15) is 29.3 Å². The van der Waals surface area contributed by atoms with Crippen molar-refractivity contribution >= 4 is 38.4 Å². The Morgan fingerprint density at radius 1 is 1.20 bits per heavy atom. The van der Waals surface area contributed by atoms with Gasteiger partial charge in [-0.15, -0.1) is 11.3 Å². The van der Waals surface area contributed by atoms with Crippen LogP contribution in [0.5, 0.6) is 0 Å². The molecule has 6 heteroatoms. The standard InChI is InChI=1S/C24H26N4OS/c29-23(25-12-11-17-14-26-20-8-2-1-7-19(17)20)16-28-13-5-6-18(15-28)24-27-21-9-3-4-10-22(21)30-24/h1-4,7-10,14,18,26H,5-6,11-13,15-16H2,(H,25,29)/t18-/m0/s1.